The number of alkyl halides is 3. The number of nitrogens with zero attached hydrogens (tertiary/aromatic N) is 1. The van der Waals surface area contributed by atoms with Crippen molar-refractivity contribution in [3.8, 4) is 11.5 Å². The van der Waals surface area contributed by atoms with E-state index in [-0.39, 0.29) is 30.5 Å². The lowest BCUT2D eigenvalue weighted by molar-refractivity contribution is -0.140. The number of rotatable bonds is 7. The first-order valence-corrected chi connectivity index (χ1v) is 8.99. The molecule has 0 bridgehead atoms. The van der Waals surface area contributed by atoms with Crippen LogP contribution in [-0.2, 0) is 23.9 Å². The summed E-state index contributed by atoms with van der Waals surface area (Å²) in [5.41, 5.74) is 0.138. The molecule has 1 aliphatic carbocycles. The van der Waals surface area contributed by atoms with Crippen LogP contribution in [0.3, 0.4) is 0 Å². The molecule has 1 amide bonds. The monoisotopic (exact) mass is 393 g/mol. The quantitative estimate of drug-likeness (QED) is 0.697. The predicted octanol–water partition coefficient (Wildman–Crippen LogP) is 4.46. The molecule has 3 rings (SSSR count). The minimum atomic E-state index is -4.45. The smallest absolute Gasteiger partial charge is 0.416 e. The summed E-state index contributed by atoms with van der Waals surface area (Å²) in [5, 5.41) is 0. The standard InChI is InChI=1S/C21H22F3NO3/c1-27-18-10-7-14(11-19(18)28-2)12-20(26)25(16-8-9-16)13-15-5-3-4-6-17(15)21(22,23)24/h3-7,10-11,16H,8-9,12-13H2,1-2H3. The Bertz CT molecular complexity index is 847. The highest BCUT2D eigenvalue weighted by atomic mass is 19.4. The third-order valence-corrected chi connectivity index (χ3v) is 4.77. The summed E-state index contributed by atoms with van der Waals surface area (Å²) in [5.74, 6) is 0.858. The number of hydrogen-bond acceptors (Lipinski definition) is 3. The predicted molar refractivity (Wildman–Crippen MR) is 98.3 cm³/mol. The molecular weight excluding hydrogens is 371 g/mol. The first kappa shape index (κ1) is 20.0. The van der Waals surface area contributed by atoms with Crippen molar-refractivity contribution >= 4 is 5.91 Å². The molecule has 7 heteroatoms. The summed E-state index contributed by atoms with van der Waals surface area (Å²) in [6.45, 7) is -0.0491. The summed E-state index contributed by atoms with van der Waals surface area (Å²) < 4.78 is 50.3. The molecule has 1 saturated carbocycles. The van der Waals surface area contributed by atoms with E-state index in [0.29, 0.717) is 11.5 Å². The number of methoxy groups -OCH3 is 2. The average Bonchev–Trinajstić information content (AvgIpc) is 3.50. The lowest BCUT2D eigenvalue weighted by Gasteiger charge is -2.24. The zero-order chi connectivity index (χ0) is 20.3. The van der Waals surface area contributed by atoms with Gasteiger partial charge >= 0.3 is 6.18 Å². The molecule has 1 aliphatic rings. The van der Waals surface area contributed by atoms with E-state index in [0.717, 1.165) is 24.5 Å². The van der Waals surface area contributed by atoms with Gasteiger partial charge in [-0.25, -0.2) is 0 Å². The molecule has 1 fully saturated rings. The zero-order valence-electron chi connectivity index (χ0n) is 15.8. The minimum Gasteiger partial charge on any atom is -0.493 e. The van der Waals surface area contributed by atoms with Gasteiger partial charge in [-0.05, 0) is 42.2 Å². The Morgan fingerprint density at radius 1 is 1.07 bits per heavy atom. The lowest BCUT2D eigenvalue weighted by Crippen LogP contribution is -2.34. The second-order valence-corrected chi connectivity index (χ2v) is 6.77. The summed E-state index contributed by atoms with van der Waals surface area (Å²) >= 11 is 0. The highest BCUT2D eigenvalue weighted by Gasteiger charge is 2.37. The van der Waals surface area contributed by atoms with Crippen molar-refractivity contribution in [1.29, 1.82) is 0 Å². The number of hydrogen-bond donors (Lipinski definition) is 0. The molecule has 28 heavy (non-hydrogen) atoms. The van der Waals surface area contributed by atoms with Crippen LogP contribution in [0.15, 0.2) is 42.5 Å². The van der Waals surface area contributed by atoms with Gasteiger partial charge in [0.25, 0.3) is 0 Å². The number of ether oxygens (including phenoxy) is 2. The van der Waals surface area contributed by atoms with Crippen LogP contribution in [0.4, 0.5) is 13.2 Å². The Hall–Kier alpha value is -2.70. The van der Waals surface area contributed by atoms with Gasteiger partial charge in [0.1, 0.15) is 0 Å². The summed E-state index contributed by atoms with van der Waals surface area (Å²) in [4.78, 5) is 14.4. The average molecular weight is 393 g/mol. The van der Waals surface area contributed by atoms with Crippen LogP contribution in [0.2, 0.25) is 0 Å². The molecule has 2 aromatic carbocycles. The van der Waals surface area contributed by atoms with E-state index in [2.05, 4.69) is 0 Å². The van der Waals surface area contributed by atoms with Gasteiger partial charge in [-0.3, -0.25) is 4.79 Å². The van der Waals surface area contributed by atoms with E-state index in [9.17, 15) is 18.0 Å². The van der Waals surface area contributed by atoms with Crippen molar-refractivity contribution in [2.75, 3.05) is 14.2 Å². The van der Waals surface area contributed by atoms with Gasteiger partial charge in [0.15, 0.2) is 11.5 Å². The second kappa shape index (κ2) is 8.12. The number of carbonyl (C=O) groups is 1. The summed E-state index contributed by atoms with van der Waals surface area (Å²) in [6.07, 6.45) is -2.74. The number of benzene rings is 2. The van der Waals surface area contributed by atoms with Crippen LogP contribution < -0.4 is 9.47 Å². The molecule has 0 aliphatic heterocycles. The van der Waals surface area contributed by atoms with E-state index in [1.807, 2.05) is 0 Å². The van der Waals surface area contributed by atoms with Crippen LogP contribution in [0.25, 0.3) is 0 Å². The van der Waals surface area contributed by atoms with Crippen LogP contribution in [0, 0.1) is 0 Å². The third-order valence-electron chi connectivity index (χ3n) is 4.77. The van der Waals surface area contributed by atoms with E-state index in [4.69, 9.17) is 9.47 Å². The van der Waals surface area contributed by atoms with Gasteiger partial charge in [-0.1, -0.05) is 24.3 Å². The van der Waals surface area contributed by atoms with Gasteiger partial charge in [-0.2, -0.15) is 13.2 Å². The molecule has 0 radical (unpaired) electrons. The molecule has 0 spiro atoms. The van der Waals surface area contributed by atoms with E-state index < -0.39 is 11.7 Å². The maximum Gasteiger partial charge on any atom is 0.416 e. The molecule has 0 N–H and O–H groups in total. The molecule has 150 valence electrons. The highest BCUT2D eigenvalue weighted by Crippen LogP contribution is 2.35. The van der Waals surface area contributed by atoms with Crippen LogP contribution in [0.5, 0.6) is 11.5 Å². The van der Waals surface area contributed by atoms with Crippen LogP contribution in [0.1, 0.15) is 29.5 Å². The molecule has 0 saturated heterocycles. The van der Waals surface area contributed by atoms with Gasteiger partial charge in [-0.15, -0.1) is 0 Å². The van der Waals surface area contributed by atoms with Crippen molar-refractivity contribution < 1.29 is 27.4 Å². The van der Waals surface area contributed by atoms with Gasteiger partial charge < -0.3 is 14.4 Å². The van der Waals surface area contributed by atoms with Gasteiger partial charge in [0.05, 0.1) is 26.2 Å². The molecule has 0 aromatic heterocycles. The second-order valence-electron chi connectivity index (χ2n) is 6.77. The Balaban J connectivity index is 1.80. The maximum atomic E-state index is 13.3. The van der Waals surface area contributed by atoms with Crippen molar-refractivity contribution in [3.05, 3.63) is 59.2 Å². The largest absolute Gasteiger partial charge is 0.493 e. The van der Waals surface area contributed by atoms with E-state index in [1.54, 1.807) is 29.2 Å². The van der Waals surface area contributed by atoms with Crippen molar-refractivity contribution in [1.82, 2.24) is 4.90 Å². The molecule has 2 aromatic rings. The first-order valence-electron chi connectivity index (χ1n) is 8.99. The first-order chi connectivity index (χ1) is 13.3. The molecular formula is C21H22F3NO3. The highest BCUT2D eigenvalue weighted by molar-refractivity contribution is 5.79. The Morgan fingerprint density at radius 2 is 1.75 bits per heavy atom. The lowest BCUT2D eigenvalue weighted by atomic mass is 10.1. The fourth-order valence-electron chi connectivity index (χ4n) is 3.19. The minimum absolute atomic E-state index is 0.00562. The molecule has 0 atom stereocenters. The van der Waals surface area contributed by atoms with Gasteiger partial charge in [0, 0.05) is 12.6 Å². The molecule has 4 nitrogen and oxygen atoms in total. The number of halogens is 3. The summed E-state index contributed by atoms with van der Waals surface area (Å²) in [6, 6.07) is 10.6. The molecule has 0 unspecified atom stereocenters. The van der Waals surface area contributed by atoms with Crippen molar-refractivity contribution in [3.63, 3.8) is 0 Å². The fraction of sp³-hybridized carbons (Fsp3) is 0.381. The Labute approximate surface area is 161 Å². The normalized spacial score (nSPS) is 13.9. The van der Waals surface area contributed by atoms with Crippen molar-refractivity contribution in [2.45, 2.75) is 38.0 Å². The third kappa shape index (κ3) is 4.58. The maximum absolute atomic E-state index is 13.3. The number of amides is 1. The fourth-order valence-corrected chi connectivity index (χ4v) is 3.19. The SMILES string of the molecule is COc1ccc(CC(=O)N(Cc2ccccc2C(F)(F)F)C2CC2)cc1OC. The topological polar surface area (TPSA) is 38.8 Å². The van der Waals surface area contributed by atoms with Crippen LogP contribution >= 0.6 is 0 Å². The van der Waals surface area contributed by atoms with E-state index in [1.165, 1.54) is 26.4 Å². The zero-order valence-corrected chi connectivity index (χ0v) is 15.8. The number of carbonyl (C=O) groups excluding carboxylic acids is 1. The Morgan fingerprint density at radius 3 is 2.36 bits per heavy atom. The molecule has 0 heterocycles. The van der Waals surface area contributed by atoms with E-state index >= 15 is 0 Å². The van der Waals surface area contributed by atoms with Crippen molar-refractivity contribution in [2.24, 2.45) is 0 Å². The van der Waals surface area contributed by atoms with Crippen LogP contribution in [-0.4, -0.2) is 31.1 Å². The summed E-state index contributed by atoms with van der Waals surface area (Å²) in [7, 11) is 3.03. The Kier molecular flexibility index (Phi) is 5.82. The van der Waals surface area contributed by atoms with Gasteiger partial charge in [0.2, 0.25) is 5.91 Å².